The Hall–Kier alpha value is -1.10. The summed E-state index contributed by atoms with van der Waals surface area (Å²) in [5.74, 6) is -0.625. The topological polar surface area (TPSA) is 58.9 Å². The molecule has 0 aliphatic carbocycles. The first-order chi connectivity index (χ1) is 7.88. The maximum absolute atomic E-state index is 9.97. The minimum Gasteiger partial charge on any atom is -0.508 e. The van der Waals surface area contributed by atoms with Gasteiger partial charge < -0.3 is 19.7 Å². The van der Waals surface area contributed by atoms with Crippen molar-refractivity contribution in [2.45, 2.75) is 32.2 Å². The van der Waals surface area contributed by atoms with Crippen LogP contribution in [0.15, 0.2) is 18.2 Å². The molecule has 1 aliphatic rings. The molecule has 1 saturated heterocycles. The molecule has 1 heterocycles. The van der Waals surface area contributed by atoms with Gasteiger partial charge in [-0.2, -0.15) is 0 Å². The number of aromatic hydroxyl groups is 1. The lowest BCUT2D eigenvalue weighted by Gasteiger charge is -2.28. The first-order valence-electron chi connectivity index (χ1n) is 5.64. The van der Waals surface area contributed by atoms with Gasteiger partial charge in [0.1, 0.15) is 11.4 Å². The van der Waals surface area contributed by atoms with E-state index in [2.05, 4.69) is 0 Å². The summed E-state index contributed by atoms with van der Waals surface area (Å²) in [6, 6.07) is 5.30. The summed E-state index contributed by atoms with van der Waals surface area (Å²) in [7, 11) is 0. The van der Waals surface area contributed by atoms with Gasteiger partial charge in [0.15, 0.2) is 5.79 Å². The van der Waals surface area contributed by atoms with Crippen LogP contribution in [-0.2, 0) is 15.1 Å². The highest BCUT2D eigenvalue weighted by molar-refractivity contribution is 5.40. The average Bonchev–Trinajstić information content (AvgIpc) is 2.55. The second kappa shape index (κ2) is 3.98. The number of ether oxygens (including phenoxy) is 2. The molecular weight excluding hydrogens is 220 g/mol. The lowest BCUT2D eigenvalue weighted by atomic mass is 9.93. The summed E-state index contributed by atoms with van der Waals surface area (Å²) in [6.45, 7) is 5.47. The molecule has 94 valence electrons. The summed E-state index contributed by atoms with van der Waals surface area (Å²) in [6.07, 6.45) is 0. The normalized spacial score (nSPS) is 27.3. The fourth-order valence-electron chi connectivity index (χ4n) is 2.14. The standard InChI is InChI=1S/C13H18O4/c1-9-4-5-10(11(15)6-9)13(7-14)8-16-12(2,3)17-13/h4-6,14-15H,7-8H2,1-3H3. The van der Waals surface area contributed by atoms with Crippen molar-refractivity contribution in [1.82, 2.24) is 0 Å². The Morgan fingerprint density at radius 2 is 2.06 bits per heavy atom. The van der Waals surface area contributed by atoms with Crippen LogP contribution in [0.1, 0.15) is 25.0 Å². The number of phenols is 1. The third-order valence-electron chi connectivity index (χ3n) is 2.99. The van der Waals surface area contributed by atoms with Crippen LogP contribution in [0.3, 0.4) is 0 Å². The van der Waals surface area contributed by atoms with E-state index in [-0.39, 0.29) is 19.0 Å². The molecule has 2 N–H and O–H groups in total. The average molecular weight is 238 g/mol. The van der Waals surface area contributed by atoms with Crippen LogP contribution < -0.4 is 0 Å². The number of hydrogen-bond acceptors (Lipinski definition) is 4. The van der Waals surface area contributed by atoms with Crippen LogP contribution in [0.25, 0.3) is 0 Å². The minimum atomic E-state index is -0.971. The minimum absolute atomic E-state index is 0.125. The predicted octanol–water partition coefficient (Wildman–Crippen LogP) is 1.67. The molecule has 0 bridgehead atoms. The molecule has 17 heavy (non-hydrogen) atoms. The van der Waals surface area contributed by atoms with Crippen molar-refractivity contribution in [3.63, 3.8) is 0 Å². The van der Waals surface area contributed by atoms with Gasteiger partial charge in [-0.05, 0) is 32.4 Å². The zero-order valence-corrected chi connectivity index (χ0v) is 10.4. The van der Waals surface area contributed by atoms with Crippen molar-refractivity contribution in [1.29, 1.82) is 0 Å². The summed E-state index contributed by atoms with van der Waals surface area (Å²) in [4.78, 5) is 0. The van der Waals surface area contributed by atoms with Crippen LogP contribution in [0.4, 0.5) is 0 Å². The highest BCUT2D eigenvalue weighted by Gasteiger charge is 2.47. The molecule has 4 nitrogen and oxygen atoms in total. The van der Waals surface area contributed by atoms with E-state index in [1.54, 1.807) is 26.0 Å². The molecule has 0 radical (unpaired) electrons. The molecule has 1 fully saturated rings. The summed E-state index contributed by atoms with van der Waals surface area (Å²) >= 11 is 0. The van der Waals surface area contributed by atoms with Crippen molar-refractivity contribution in [2.24, 2.45) is 0 Å². The molecule has 0 spiro atoms. The van der Waals surface area contributed by atoms with E-state index < -0.39 is 11.4 Å². The first kappa shape index (κ1) is 12.4. The molecule has 4 heteroatoms. The van der Waals surface area contributed by atoms with Crippen LogP contribution in [0.2, 0.25) is 0 Å². The van der Waals surface area contributed by atoms with E-state index in [4.69, 9.17) is 9.47 Å². The van der Waals surface area contributed by atoms with Gasteiger partial charge in [0.05, 0.1) is 13.2 Å². The van der Waals surface area contributed by atoms with E-state index in [1.807, 2.05) is 13.0 Å². The highest BCUT2D eigenvalue weighted by Crippen LogP contribution is 2.41. The number of aliphatic hydroxyl groups excluding tert-OH is 1. The van der Waals surface area contributed by atoms with Crippen LogP contribution in [0.5, 0.6) is 5.75 Å². The van der Waals surface area contributed by atoms with E-state index >= 15 is 0 Å². The Kier molecular flexibility index (Phi) is 2.89. The van der Waals surface area contributed by atoms with Gasteiger partial charge in [-0.15, -0.1) is 0 Å². The van der Waals surface area contributed by atoms with E-state index in [9.17, 15) is 10.2 Å². The van der Waals surface area contributed by atoms with E-state index in [1.165, 1.54) is 0 Å². The molecule has 1 unspecified atom stereocenters. The molecule has 0 aromatic heterocycles. The first-order valence-corrected chi connectivity index (χ1v) is 5.64. The van der Waals surface area contributed by atoms with Crippen molar-refractivity contribution < 1.29 is 19.7 Å². The number of hydrogen-bond donors (Lipinski definition) is 2. The Morgan fingerprint density at radius 1 is 1.35 bits per heavy atom. The molecule has 0 amide bonds. The molecule has 1 aliphatic heterocycles. The number of phenolic OH excluding ortho intramolecular Hbond substituents is 1. The molecule has 1 aromatic rings. The Morgan fingerprint density at radius 3 is 2.53 bits per heavy atom. The number of benzene rings is 1. The number of aliphatic hydroxyl groups is 1. The molecular formula is C13H18O4. The second-order valence-corrected chi connectivity index (χ2v) is 4.96. The van der Waals surface area contributed by atoms with E-state index in [0.29, 0.717) is 5.56 Å². The van der Waals surface area contributed by atoms with Crippen LogP contribution >= 0.6 is 0 Å². The maximum atomic E-state index is 9.97. The Balaban J connectivity index is 2.43. The van der Waals surface area contributed by atoms with E-state index in [0.717, 1.165) is 5.56 Å². The Bertz CT molecular complexity index is 427. The smallest absolute Gasteiger partial charge is 0.164 e. The molecule has 1 atom stereocenters. The van der Waals surface area contributed by atoms with Crippen LogP contribution in [0, 0.1) is 6.92 Å². The van der Waals surface area contributed by atoms with Crippen molar-refractivity contribution in [3.05, 3.63) is 29.3 Å². The zero-order chi connectivity index (χ0) is 12.7. The highest BCUT2D eigenvalue weighted by atomic mass is 16.8. The van der Waals surface area contributed by atoms with Crippen LogP contribution in [-0.4, -0.2) is 29.2 Å². The molecule has 0 saturated carbocycles. The third kappa shape index (κ3) is 2.16. The zero-order valence-electron chi connectivity index (χ0n) is 10.4. The van der Waals surface area contributed by atoms with Gasteiger partial charge in [-0.3, -0.25) is 0 Å². The maximum Gasteiger partial charge on any atom is 0.164 e. The van der Waals surface area contributed by atoms with Gasteiger partial charge >= 0.3 is 0 Å². The van der Waals surface area contributed by atoms with Crippen molar-refractivity contribution in [2.75, 3.05) is 13.2 Å². The predicted molar refractivity (Wildman–Crippen MR) is 62.7 cm³/mol. The van der Waals surface area contributed by atoms with Gasteiger partial charge in [0.2, 0.25) is 0 Å². The second-order valence-electron chi connectivity index (χ2n) is 4.96. The van der Waals surface area contributed by atoms with Gasteiger partial charge in [-0.25, -0.2) is 0 Å². The molecule has 1 aromatic carbocycles. The molecule has 2 rings (SSSR count). The lowest BCUT2D eigenvalue weighted by molar-refractivity contribution is -0.172. The number of rotatable bonds is 2. The monoisotopic (exact) mass is 238 g/mol. The fourth-order valence-corrected chi connectivity index (χ4v) is 2.14. The largest absolute Gasteiger partial charge is 0.508 e. The SMILES string of the molecule is Cc1ccc(C2(CO)COC(C)(C)O2)c(O)c1. The van der Waals surface area contributed by atoms with Crippen molar-refractivity contribution in [3.8, 4) is 5.75 Å². The van der Waals surface area contributed by atoms with Crippen molar-refractivity contribution >= 4 is 0 Å². The lowest BCUT2D eigenvalue weighted by Crippen LogP contribution is -2.35. The van der Waals surface area contributed by atoms with Gasteiger partial charge in [0, 0.05) is 5.56 Å². The van der Waals surface area contributed by atoms with Gasteiger partial charge in [-0.1, -0.05) is 12.1 Å². The third-order valence-corrected chi connectivity index (χ3v) is 2.99. The fraction of sp³-hybridized carbons (Fsp3) is 0.538. The summed E-state index contributed by atoms with van der Waals surface area (Å²) < 4.78 is 11.3. The summed E-state index contributed by atoms with van der Waals surface area (Å²) in [5, 5.41) is 19.6. The number of aryl methyl sites for hydroxylation is 1. The van der Waals surface area contributed by atoms with Gasteiger partial charge in [0.25, 0.3) is 0 Å². The quantitative estimate of drug-likeness (QED) is 0.823. The summed E-state index contributed by atoms with van der Waals surface area (Å²) in [5.41, 5.74) is 0.551. The Labute approximate surface area is 101 Å².